The number of benzene rings is 1. The van der Waals surface area contributed by atoms with E-state index in [2.05, 4.69) is 10.6 Å². The molecule has 0 aromatic heterocycles. The number of primary amides is 1. The summed E-state index contributed by atoms with van der Waals surface area (Å²) in [6.45, 7) is 0.930. The molecule has 0 radical (unpaired) electrons. The monoisotopic (exact) mass is 538 g/mol. The molecule has 1 aliphatic rings. The van der Waals surface area contributed by atoms with Crippen LogP contribution in [0.3, 0.4) is 0 Å². The third-order valence-electron chi connectivity index (χ3n) is 5.91. The van der Waals surface area contributed by atoms with Crippen LogP contribution in [0.4, 0.5) is 5.69 Å². The lowest BCUT2D eigenvalue weighted by molar-refractivity contribution is -0.384. The minimum atomic E-state index is -1.67. The SMILES string of the molecule is C[C@@H](O)[C@H](N)C(=O)N[C@@H](Cc1ccc([N+](=O)[O-])cc1)C(=O)N1C[C@H](O)C[C@H]1C(=O)N[C@@H](CC(N)=O)C(=O)O. The molecule has 16 heteroatoms. The van der Waals surface area contributed by atoms with Gasteiger partial charge in [0, 0.05) is 31.5 Å². The molecule has 1 fully saturated rings. The van der Waals surface area contributed by atoms with E-state index >= 15 is 0 Å². The fraction of sp³-hybridized carbons (Fsp3) is 0.500. The third-order valence-corrected chi connectivity index (χ3v) is 5.91. The number of aliphatic hydroxyl groups excluding tert-OH is 2. The number of carbonyl (C=O) groups excluding carboxylic acids is 4. The van der Waals surface area contributed by atoms with Gasteiger partial charge in [0.1, 0.15) is 24.2 Å². The molecule has 1 saturated heterocycles. The Labute approximate surface area is 216 Å². The Morgan fingerprint density at radius 3 is 2.26 bits per heavy atom. The first kappa shape index (κ1) is 30.1. The highest BCUT2D eigenvalue weighted by atomic mass is 16.6. The molecular weight excluding hydrogens is 508 g/mol. The Hall–Kier alpha value is -4.15. The van der Waals surface area contributed by atoms with Crippen LogP contribution in [0.15, 0.2) is 24.3 Å². The summed E-state index contributed by atoms with van der Waals surface area (Å²) in [5.74, 6) is -5.23. The molecule has 9 N–H and O–H groups in total. The lowest BCUT2D eigenvalue weighted by atomic mass is 10.0. The second-order valence-corrected chi connectivity index (χ2v) is 8.92. The standard InChI is InChI=1S/C22H30N6O10/c1-10(29)18(24)20(33)25-14(6-11-2-4-12(5-3-11)28(37)38)21(34)27-9-13(30)7-16(27)19(32)26-15(22(35)36)8-17(23)31/h2-5,10,13-16,18,29-30H,6-9,24H2,1H3,(H2,23,31)(H,25,33)(H,26,32)(H,35,36)/t10-,13-,14+,15+,16+,18+/m1/s1. The third kappa shape index (κ3) is 7.92. The Morgan fingerprint density at radius 1 is 1.16 bits per heavy atom. The van der Waals surface area contributed by atoms with Gasteiger partial charge in [-0.15, -0.1) is 0 Å². The van der Waals surface area contributed by atoms with E-state index in [1.807, 2.05) is 0 Å². The number of carboxylic acid groups (broad SMARTS) is 1. The fourth-order valence-corrected chi connectivity index (χ4v) is 3.85. The zero-order valence-electron chi connectivity index (χ0n) is 20.4. The van der Waals surface area contributed by atoms with Crippen molar-refractivity contribution in [2.45, 2.75) is 62.6 Å². The normalized spacial score (nSPS) is 20.1. The number of nitro benzene ring substituents is 1. The van der Waals surface area contributed by atoms with Gasteiger partial charge in [-0.25, -0.2) is 4.79 Å². The summed E-state index contributed by atoms with van der Waals surface area (Å²) < 4.78 is 0. The Balaban J connectivity index is 2.32. The van der Waals surface area contributed by atoms with Gasteiger partial charge < -0.3 is 42.3 Å². The molecule has 0 saturated carbocycles. The molecule has 1 aromatic rings. The Morgan fingerprint density at radius 2 is 1.76 bits per heavy atom. The largest absolute Gasteiger partial charge is 0.480 e. The van der Waals surface area contributed by atoms with Crippen molar-refractivity contribution in [3.05, 3.63) is 39.9 Å². The number of nitrogens with one attached hydrogen (secondary N) is 2. The maximum absolute atomic E-state index is 13.5. The summed E-state index contributed by atoms with van der Waals surface area (Å²) in [7, 11) is 0. The van der Waals surface area contributed by atoms with Crippen molar-refractivity contribution in [2.24, 2.45) is 11.5 Å². The van der Waals surface area contributed by atoms with Crippen LogP contribution in [0.1, 0.15) is 25.3 Å². The fourth-order valence-electron chi connectivity index (χ4n) is 3.85. The molecule has 16 nitrogen and oxygen atoms in total. The number of carbonyl (C=O) groups is 5. The molecule has 1 heterocycles. The van der Waals surface area contributed by atoms with Crippen LogP contribution >= 0.6 is 0 Å². The summed E-state index contributed by atoms with van der Waals surface area (Å²) in [6.07, 6.45) is -3.60. The van der Waals surface area contributed by atoms with Gasteiger partial charge in [-0.05, 0) is 12.5 Å². The summed E-state index contributed by atoms with van der Waals surface area (Å²) in [5, 5.41) is 44.6. The van der Waals surface area contributed by atoms with Crippen molar-refractivity contribution in [1.29, 1.82) is 0 Å². The van der Waals surface area contributed by atoms with Gasteiger partial charge in [-0.3, -0.25) is 29.3 Å². The van der Waals surface area contributed by atoms with Crippen molar-refractivity contribution in [1.82, 2.24) is 15.5 Å². The van der Waals surface area contributed by atoms with Gasteiger partial charge in [-0.2, -0.15) is 0 Å². The van der Waals surface area contributed by atoms with Crippen LogP contribution in [-0.4, -0.2) is 97.7 Å². The number of nitrogens with zero attached hydrogens (tertiary/aromatic N) is 2. The van der Waals surface area contributed by atoms with E-state index in [-0.39, 0.29) is 25.1 Å². The lowest BCUT2D eigenvalue weighted by Crippen LogP contribution is -2.58. The van der Waals surface area contributed by atoms with Crippen LogP contribution in [0.2, 0.25) is 0 Å². The van der Waals surface area contributed by atoms with Gasteiger partial charge in [0.2, 0.25) is 23.6 Å². The van der Waals surface area contributed by atoms with E-state index in [0.717, 1.165) is 4.90 Å². The van der Waals surface area contributed by atoms with Gasteiger partial charge >= 0.3 is 5.97 Å². The van der Waals surface area contributed by atoms with Crippen LogP contribution in [-0.2, 0) is 30.4 Å². The maximum atomic E-state index is 13.5. The van der Waals surface area contributed by atoms with Crippen LogP contribution in [0.25, 0.3) is 0 Å². The first-order valence-corrected chi connectivity index (χ1v) is 11.5. The minimum absolute atomic E-state index is 0.199. The molecule has 1 aliphatic heterocycles. The van der Waals surface area contributed by atoms with Gasteiger partial charge in [0.05, 0.1) is 23.6 Å². The number of hydrogen-bond donors (Lipinski definition) is 7. The number of non-ortho nitro benzene ring substituents is 1. The summed E-state index contributed by atoms with van der Waals surface area (Å²) in [4.78, 5) is 72.8. The highest BCUT2D eigenvalue weighted by Crippen LogP contribution is 2.21. The average molecular weight is 539 g/mol. The number of aliphatic hydroxyl groups is 2. The van der Waals surface area contributed by atoms with E-state index in [0.29, 0.717) is 5.56 Å². The molecule has 4 amide bonds. The highest BCUT2D eigenvalue weighted by Gasteiger charge is 2.43. The molecule has 6 atom stereocenters. The highest BCUT2D eigenvalue weighted by molar-refractivity contribution is 5.95. The van der Waals surface area contributed by atoms with Gasteiger partial charge in [-0.1, -0.05) is 12.1 Å². The van der Waals surface area contributed by atoms with Crippen LogP contribution in [0, 0.1) is 10.1 Å². The number of likely N-dealkylation sites (tertiary alicyclic amines) is 1. The minimum Gasteiger partial charge on any atom is -0.480 e. The average Bonchev–Trinajstić information content (AvgIpc) is 3.23. The second kappa shape index (κ2) is 12.9. The molecule has 208 valence electrons. The van der Waals surface area contributed by atoms with E-state index < -0.39 is 77.3 Å². The first-order valence-electron chi connectivity index (χ1n) is 11.5. The first-order chi connectivity index (χ1) is 17.7. The molecular formula is C22H30N6O10. The number of hydrogen-bond acceptors (Lipinski definition) is 10. The number of aliphatic carboxylic acids is 1. The van der Waals surface area contributed by atoms with E-state index in [4.69, 9.17) is 11.5 Å². The second-order valence-electron chi connectivity index (χ2n) is 8.92. The van der Waals surface area contributed by atoms with Crippen molar-refractivity contribution in [3.63, 3.8) is 0 Å². The predicted molar refractivity (Wildman–Crippen MR) is 128 cm³/mol. The molecule has 0 spiro atoms. The van der Waals surface area contributed by atoms with Crippen LogP contribution in [0.5, 0.6) is 0 Å². The quantitative estimate of drug-likeness (QED) is 0.102. The number of amides is 4. The number of nitrogens with two attached hydrogens (primary N) is 2. The van der Waals surface area contributed by atoms with E-state index in [1.54, 1.807) is 0 Å². The van der Waals surface area contributed by atoms with Crippen molar-refractivity contribution >= 4 is 35.3 Å². The lowest BCUT2D eigenvalue weighted by Gasteiger charge is -2.30. The number of carboxylic acids is 1. The Bertz CT molecular complexity index is 1080. The number of nitro groups is 1. The smallest absolute Gasteiger partial charge is 0.326 e. The summed E-state index contributed by atoms with van der Waals surface area (Å²) in [5.41, 5.74) is 10.9. The molecule has 1 aromatic carbocycles. The van der Waals surface area contributed by atoms with Gasteiger partial charge in [0.15, 0.2) is 0 Å². The van der Waals surface area contributed by atoms with Crippen molar-refractivity contribution in [3.8, 4) is 0 Å². The zero-order valence-corrected chi connectivity index (χ0v) is 20.4. The van der Waals surface area contributed by atoms with Crippen molar-refractivity contribution in [2.75, 3.05) is 6.54 Å². The van der Waals surface area contributed by atoms with Crippen LogP contribution < -0.4 is 22.1 Å². The van der Waals surface area contributed by atoms with E-state index in [1.165, 1.54) is 31.2 Å². The number of rotatable bonds is 12. The summed E-state index contributed by atoms with van der Waals surface area (Å²) in [6, 6.07) is -0.691. The molecule has 0 unspecified atom stereocenters. The molecule has 0 bridgehead atoms. The van der Waals surface area contributed by atoms with Crippen molar-refractivity contribution < 1.29 is 44.2 Å². The number of β-amino-alcohol motifs (C(OH)–C–C–N with tert-alkyl or cyclic N) is 1. The Kier molecular flexibility index (Phi) is 10.2. The summed E-state index contributed by atoms with van der Waals surface area (Å²) >= 11 is 0. The predicted octanol–water partition coefficient (Wildman–Crippen LogP) is -3.26. The molecule has 0 aliphatic carbocycles. The molecule has 2 rings (SSSR count). The molecule has 38 heavy (non-hydrogen) atoms. The van der Waals surface area contributed by atoms with E-state index in [9.17, 15) is 49.4 Å². The van der Waals surface area contributed by atoms with Gasteiger partial charge in [0.25, 0.3) is 5.69 Å². The maximum Gasteiger partial charge on any atom is 0.326 e. The topological polar surface area (TPSA) is 269 Å². The zero-order chi connectivity index (χ0) is 28.7.